The molecule has 0 rings (SSSR count). The zero-order chi connectivity index (χ0) is 19.3. The topological polar surface area (TPSA) is 36.9 Å². The van der Waals surface area contributed by atoms with Crippen LogP contribution in [0.4, 0.5) is 0 Å². The van der Waals surface area contributed by atoms with Crippen molar-refractivity contribution >= 4 is 115 Å². The quantitative estimate of drug-likeness (QED) is 0.234. The van der Waals surface area contributed by atoms with Gasteiger partial charge in [0.1, 0.15) is 0 Å². The third kappa shape index (κ3) is 12.9. The van der Waals surface area contributed by atoms with Gasteiger partial charge >= 0.3 is 188 Å². The van der Waals surface area contributed by atoms with E-state index < -0.39 is 15.2 Å². The third-order valence-electron chi connectivity index (χ3n) is 1.88. The Morgan fingerprint density at radius 2 is 0.760 bits per heavy atom. The monoisotopic (exact) mass is 692 g/mol. The zero-order valence-electron chi connectivity index (χ0n) is 14.2. The summed E-state index contributed by atoms with van der Waals surface area (Å²) in [6, 6.07) is 0. The van der Waals surface area contributed by atoms with Crippen molar-refractivity contribution in [2.75, 3.05) is 26.4 Å². The molecular formula is C12H20O4PbS8. The average molecular weight is 692 g/mol. The number of hydrogen-bond acceptors (Lipinski definition) is 12. The van der Waals surface area contributed by atoms with Crippen LogP contribution in [-0.4, -0.2) is 59.1 Å². The van der Waals surface area contributed by atoms with Gasteiger partial charge in [0.25, 0.3) is 0 Å². The van der Waals surface area contributed by atoms with Crippen LogP contribution in [0.3, 0.4) is 0 Å². The van der Waals surface area contributed by atoms with Gasteiger partial charge in [-0.1, -0.05) is 0 Å². The molecule has 0 saturated heterocycles. The standard InChI is InChI=1S/4C3H6OS2.Pb/c4*1-2-4-3(5)6;/h4*2H2,1H3,(H,5,6);/q;;;;+4/p-4. The molecule has 0 unspecified atom stereocenters. The summed E-state index contributed by atoms with van der Waals surface area (Å²) in [4.78, 5) is 0. The van der Waals surface area contributed by atoms with Gasteiger partial charge in [-0.2, -0.15) is 0 Å². The summed E-state index contributed by atoms with van der Waals surface area (Å²) >= 11 is 17.8. The molecule has 0 spiro atoms. The normalized spacial score (nSPS) is 10.7. The first-order valence-electron chi connectivity index (χ1n) is 7.25. The molecule has 25 heavy (non-hydrogen) atoms. The number of rotatable bonds is 8. The first-order chi connectivity index (χ1) is 11.8. The van der Waals surface area contributed by atoms with Crippen LogP contribution in [0.5, 0.6) is 0 Å². The molecule has 0 fully saturated rings. The fourth-order valence-corrected chi connectivity index (χ4v) is 78.9. The predicted octanol–water partition coefficient (Wildman–Crippen LogP) is 5.64. The van der Waals surface area contributed by atoms with Gasteiger partial charge in [0, 0.05) is 0 Å². The molecule has 0 atom stereocenters. The fourth-order valence-electron chi connectivity index (χ4n) is 1.12. The first kappa shape index (κ1) is 26.9. The minimum absolute atomic E-state index is 0.453. The van der Waals surface area contributed by atoms with Crippen molar-refractivity contribution in [1.82, 2.24) is 0 Å². The van der Waals surface area contributed by atoms with E-state index >= 15 is 0 Å². The molecule has 0 aliphatic heterocycles. The summed E-state index contributed by atoms with van der Waals surface area (Å²) in [5, 5.41) is 0. The molecule has 13 heteroatoms. The van der Waals surface area contributed by atoms with Crippen molar-refractivity contribution in [3.8, 4) is 0 Å². The van der Waals surface area contributed by atoms with Crippen molar-refractivity contribution in [3.63, 3.8) is 0 Å². The maximum absolute atomic E-state index is 5.48. The number of ether oxygens (including phenoxy) is 4. The zero-order valence-corrected chi connectivity index (χ0v) is 24.6. The van der Waals surface area contributed by atoms with Gasteiger partial charge in [0.05, 0.1) is 0 Å². The molecule has 0 aliphatic rings. The van der Waals surface area contributed by atoms with Crippen molar-refractivity contribution in [3.05, 3.63) is 0 Å². The minimum atomic E-state index is -3.67. The van der Waals surface area contributed by atoms with E-state index in [4.69, 9.17) is 67.8 Å². The Labute approximate surface area is 185 Å². The Balaban J connectivity index is 5.55. The molecule has 144 valence electrons. The Bertz CT molecular complexity index is 391. The second-order valence-electron chi connectivity index (χ2n) is 3.64. The van der Waals surface area contributed by atoms with Gasteiger partial charge in [-0.25, -0.2) is 0 Å². The van der Waals surface area contributed by atoms with Gasteiger partial charge in [-0.15, -0.1) is 0 Å². The van der Waals surface area contributed by atoms with Crippen LogP contribution in [0.15, 0.2) is 0 Å². The van der Waals surface area contributed by atoms with Crippen LogP contribution in [0.25, 0.3) is 0 Å². The number of thiocarbonyl (C=S) groups is 4. The van der Waals surface area contributed by atoms with E-state index in [2.05, 4.69) is 0 Å². The molecule has 0 bridgehead atoms. The van der Waals surface area contributed by atoms with Gasteiger partial charge in [-0.3, -0.25) is 0 Å². The molecule has 0 aromatic carbocycles. The molecule has 0 radical (unpaired) electrons. The Hall–Kier alpha value is 1.88. The Morgan fingerprint density at radius 1 is 0.560 bits per heavy atom. The summed E-state index contributed by atoms with van der Waals surface area (Å²) in [5.74, 6) is 0. The maximum atomic E-state index is 5.48. The third-order valence-corrected chi connectivity index (χ3v) is 59.0. The summed E-state index contributed by atoms with van der Waals surface area (Å²) in [7, 11) is 5.99. The first-order valence-corrected chi connectivity index (χ1v) is 31.2. The Morgan fingerprint density at radius 3 is 0.920 bits per heavy atom. The van der Waals surface area contributed by atoms with Crippen molar-refractivity contribution in [2.45, 2.75) is 27.7 Å². The van der Waals surface area contributed by atoms with E-state index in [0.29, 0.717) is 44.0 Å². The van der Waals surface area contributed by atoms with Gasteiger partial charge in [0.2, 0.25) is 0 Å². The second kappa shape index (κ2) is 15.8. The van der Waals surface area contributed by atoms with Crippen LogP contribution in [0, 0.1) is 0 Å². The van der Waals surface area contributed by atoms with Gasteiger partial charge in [-0.05, 0) is 0 Å². The van der Waals surface area contributed by atoms with E-state index in [1.54, 1.807) is 0 Å². The van der Waals surface area contributed by atoms with Crippen LogP contribution >= 0.6 is 82.1 Å². The van der Waals surface area contributed by atoms with Gasteiger partial charge in [0.15, 0.2) is 0 Å². The molecular weight excluding hydrogens is 672 g/mol. The van der Waals surface area contributed by atoms with E-state index in [-0.39, 0.29) is 0 Å². The Kier molecular flexibility index (Phi) is 17.0. The van der Waals surface area contributed by atoms with E-state index in [1.165, 1.54) is 33.2 Å². The van der Waals surface area contributed by atoms with Crippen LogP contribution in [-0.2, 0) is 18.9 Å². The summed E-state index contributed by atoms with van der Waals surface area (Å²) in [6.45, 7) is 9.54. The molecule has 0 N–H and O–H groups in total. The molecule has 0 saturated carbocycles. The summed E-state index contributed by atoms with van der Waals surface area (Å²) < 4.78 is 23.7. The molecule has 4 nitrogen and oxygen atoms in total. The van der Waals surface area contributed by atoms with Crippen molar-refractivity contribution in [2.24, 2.45) is 0 Å². The molecule has 0 aromatic heterocycles. The molecule has 0 aromatic rings. The van der Waals surface area contributed by atoms with Crippen LogP contribution < -0.4 is 0 Å². The van der Waals surface area contributed by atoms with Gasteiger partial charge < -0.3 is 0 Å². The van der Waals surface area contributed by atoms with E-state index in [9.17, 15) is 0 Å². The van der Waals surface area contributed by atoms with Crippen LogP contribution in [0.2, 0.25) is 0 Å². The molecule has 0 aliphatic carbocycles. The van der Waals surface area contributed by atoms with E-state index in [1.807, 2.05) is 27.7 Å². The fraction of sp³-hybridized carbons (Fsp3) is 0.667. The summed E-state index contributed by atoms with van der Waals surface area (Å²) in [6.07, 6.45) is 0. The van der Waals surface area contributed by atoms with Crippen molar-refractivity contribution < 1.29 is 18.9 Å². The predicted molar refractivity (Wildman–Crippen MR) is 133 cm³/mol. The van der Waals surface area contributed by atoms with Crippen molar-refractivity contribution in [1.29, 1.82) is 0 Å². The number of hydrogen-bond donors (Lipinski definition) is 0. The molecule has 0 amide bonds. The average Bonchev–Trinajstić information content (AvgIpc) is 2.47. The second-order valence-corrected chi connectivity index (χ2v) is 57.0. The van der Waals surface area contributed by atoms with E-state index in [0.717, 1.165) is 0 Å². The SMILES string of the molecule is CCOC(=S)[S][Pb]([S]C(=S)OCC)([S]C(=S)OCC)[S]C(=S)OCC. The van der Waals surface area contributed by atoms with Crippen LogP contribution in [0.1, 0.15) is 27.7 Å². The summed E-state index contributed by atoms with van der Waals surface area (Å²) in [5.41, 5.74) is 0. The molecule has 0 heterocycles.